The highest BCUT2D eigenvalue weighted by Crippen LogP contribution is 2.27. The lowest BCUT2D eigenvalue weighted by atomic mass is 10.1. The van der Waals surface area contributed by atoms with Crippen molar-refractivity contribution in [1.29, 1.82) is 0 Å². The van der Waals surface area contributed by atoms with Gasteiger partial charge in [-0.25, -0.2) is 18.4 Å². The van der Waals surface area contributed by atoms with E-state index in [-0.39, 0.29) is 18.5 Å². The maximum atomic E-state index is 13.1. The van der Waals surface area contributed by atoms with Crippen molar-refractivity contribution in [2.45, 2.75) is 24.6 Å². The average Bonchev–Trinajstić information content (AvgIpc) is 3.37. The molecule has 1 aliphatic rings. The van der Waals surface area contributed by atoms with Crippen molar-refractivity contribution >= 4 is 43.2 Å². The van der Waals surface area contributed by atoms with E-state index in [0.29, 0.717) is 34.8 Å². The van der Waals surface area contributed by atoms with E-state index in [4.69, 9.17) is 0 Å². The van der Waals surface area contributed by atoms with Crippen LogP contribution in [0.25, 0.3) is 10.2 Å². The van der Waals surface area contributed by atoms with E-state index < -0.39 is 15.1 Å². The molecule has 3 aromatic heterocycles. The standard InChI is InChI=1S/C19H21N5O3S2/c1-12(13-4-3-7-20-10-13)21-19-22-15-6-9-28-17(15)16(23-19)18(25)24-8-5-14(11-24)29(2,26)27/h3-4,6-7,9-10,12,14H,5,8,11H2,1-2H3,(H,21,22,23)/t12-,14+/m0/s1. The number of nitrogens with zero attached hydrogens (tertiary/aromatic N) is 4. The summed E-state index contributed by atoms with van der Waals surface area (Å²) in [6.45, 7) is 2.57. The molecule has 10 heteroatoms. The Hall–Kier alpha value is -2.59. The van der Waals surface area contributed by atoms with E-state index >= 15 is 0 Å². The summed E-state index contributed by atoms with van der Waals surface area (Å²) >= 11 is 1.40. The van der Waals surface area contributed by atoms with Crippen molar-refractivity contribution in [3.05, 3.63) is 47.2 Å². The number of sulfone groups is 1. The Morgan fingerprint density at radius 2 is 2.17 bits per heavy atom. The molecule has 0 saturated carbocycles. The Kier molecular flexibility index (Phi) is 5.22. The highest BCUT2D eigenvalue weighted by Gasteiger charge is 2.34. The summed E-state index contributed by atoms with van der Waals surface area (Å²) in [7, 11) is -3.18. The first-order valence-corrected chi connectivity index (χ1v) is 12.1. The second kappa shape index (κ2) is 7.68. The SMILES string of the molecule is C[C@H](Nc1nc(C(=O)N2CC[C@@H](S(C)(=O)=O)C2)c2sccc2n1)c1cccnc1. The number of rotatable bonds is 5. The number of carbonyl (C=O) groups excluding carboxylic acids is 1. The zero-order valence-electron chi connectivity index (χ0n) is 16.1. The molecule has 1 aliphatic heterocycles. The molecule has 152 valence electrons. The topological polar surface area (TPSA) is 105 Å². The molecule has 0 radical (unpaired) electrons. The lowest BCUT2D eigenvalue weighted by molar-refractivity contribution is 0.0789. The van der Waals surface area contributed by atoms with Crippen LogP contribution in [-0.2, 0) is 9.84 Å². The lowest BCUT2D eigenvalue weighted by Gasteiger charge is -2.18. The second-order valence-electron chi connectivity index (χ2n) is 7.17. The summed E-state index contributed by atoms with van der Waals surface area (Å²) in [6.07, 6.45) is 5.14. The summed E-state index contributed by atoms with van der Waals surface area (Å²) in [4.78, 5) is 27.9. The number of thiophene rings is 1. The molecule has 29 heavy (non-hydrogen) atoms. The smallest absolute Gasteiger partial charge is 0.274 e. The molecule has 0 aliphatic carbocycles. The van der Waals surface area contributed by atoms with E-state index in [1.54, 1.807) is 17.3 Å². The van der Waals surface area contributed by atoms with Crippen molar-refractivity contribution in [3.8, 4) is 0 Å². The molecule has 2 atom stereocenters. The summed E-state index contributed by atoms with van der Waals surface area (Å²) in [5.74, 6) is 0.0949. The number of hydrogen-bond donors (Lipinski definition) is 1. The summed E-state index contributed by atoms with van der Waals surface area (Å²) < 4.78 is 24.4. The second-order valence-corrected chi connectivity index (χ2v) is 10.4. The number of fused-ring (bicyclic) bond motifs is 1. The van der Waals surface area contributed by atoms with Gasteiger partial charge in [0, 0.05) is 31.7 Å². The zero-order chi connectivity index (χ0) is 20.6. The molecule has 3 aromatic rings. The summed E-state index contributed by atoms with van der Waals surface area (Å²) in [6, 6.07) is 5.57. The molecular formula is C19H21N5O3S2. The monoisotopic (exact) mass is 431 g/mol. The van der Waals surface area contributed by atoms with Crippen LogP contribution in [0, 0.1) is 0 Å². The van der Waals surface area contributed by atoms with Crippen LogP contribution in [-0.4, -0.2) is 58.8 Å². The quantitative estimate of drug-likeness (QED) is 0.662. The Balaban J connectivity index is 1.62. The van der Waals surface area contributed by atoms with Crippen LogP contribution in [0.3, 0.4) is 0 Å². The molecule has 0 aromatic carbocycles. The molecule has 0 unspecified atom stereocenters. The fourth-order valence-electron chi connectivity index (χ4n) is 3.39. The lowest BCUT2D eigenvalue weighted by Crippen LogP contribution is -2.32. The van der Waals surface area contributed by atoms with Crippen LogP contribution in [0.15, 0.2) is 36.0 Å². The number of pyridine rings is 1. The Labute approximate surface area is 172 Å². The highest BCUT2D eigenvalue weighted by atomic mass is 32.2. The molecule has 0 bridgehead atoms. The Morgan fingerprint density at radius 1 is 1.34 bits per heavy atom. The van der Waals surface area contributed by atoms with Gasteiger partial charge in [-0.3, -0.25) is 9.78 Å². The molecule has 1 amide bonds. The van der Waals surface area contributed by atoms with Gasteiger partial charge in [0.25, 0.3) is 5.91 Å². The van der Waals surface area contributed by atoms with Gasteiger partial charge >= 0.3 is 0 Å². The number of hydrogen-bond acceptors (Lipinski definition) is 8. The minimum absolute atomic E-state index is 0.0934. The van der Waals surface area contributed by atoms with Crippen LogP contribution >= 0.6 is 11.3 Å². The van der Waals surface area contributed by atoms with E-state index in [1.807, 2.05) is 30.5 Å². The third-order valence-corrected chi connectivity index (χ3v) is 7.58. The number of carbonyl (C=O) groups is 1. The van der Waals surface area contributed by atoms with Crippen molar-refractivity contribution in [3.63, 3.8) is 0 Å². The van der Waals surface area contributed by atoms with Crippen molar-refractivity contribution < 1.29 is 13.2 Å². The average molecular weight is 432 g/mol. The predicted molar refractivity (Wildman–Crippen MR) is 113 cm³/mol. The maximum absolute atomic E-state index is 13.1. The first-order valence-electron chi connectivity index (χ1n) is 9.23. The number of aromatic nitrogens is 3. The predicted octanol–water partition coefficient (Wildman–Crippen LogP) is 2.52. The minimum Gasteiger partial charge on any atom is -0.348 e. The van der Waals surface area contributed by atoms with Crippen LogP contribution in [0.5, 0.6) is 0 Å². The number of likely N-dealkylation sites (tertiary alicyclic amines) is 1. The normalized spacial score (nSPS) is 18.1. The van der Waals surface area contributed by atoms with Crippen molar-refractivity contribution in [2.24, 2.45) is 0 Å². The molecular weight excluding hydrogens is 410 g/mol. The van der Waals surface area contributed by atoms with E-state index in [1.165, 1.54) is 17.6 Å². The van der Waals surface area contributed by atoms with Crippen LogP contribution in [0.1, 0.15) is 35.4 Å². The fourth-order valence-corrected chi connectivity index (χ4v) is 5.19. The van der Waals surface area contributed by atoms with Gasteiger partial charge in [-0.05, 0) is 36.4 Å². The van der Waals surface area contributed by atoms with Gasteiger partial charge in [0.05, 0.1) is 21.5 Å². The van der Waals surface area contributed by atoms with E-state index in [0.717, 1.165) is 5.56 Å². The third kappa shape index (κ3) is 4.08. The third-order valence-electron chi connectivity index (χ3n) is 5.07. The summed E-state index contributed by atoms with van der Waals surface area (Å²) in [5, 5.41) is 4.59. The largest absolute Gasteiger partial charge is 0.348 e. The molecule has 8 nitrogen and oxygen atoms in total. The van der Waals surface area contributed by atoms with Crippen LogP contribution in [0.4, 0.5) is 5.95 Å². The fraction of sp³-hybridized carbons (Fsp3) is 0.368. The Morgan fingerprint density at radius 3 is 2.86 bits per heavy atom. The minimum atomic E-state index is -3.18. The number of nitrogens with one attached hydrogen (secondary N) is 1. The number of amides is 1. The van der Waals surface area contributed by atoms with Gasteiger partial charge in [-0.15, -0.1) is 11.3 Å². The molecule has 0 spiro atoms. The van der Waals surface area contributed by atoms with Gasteiger partial charge in [-0.2, -0.15) is 0 Å². The van der Waals surface area contributed by atoms with Crippen LogP contribution in [0.2, 0.25) is 0 Å². The van der Waals surface area contributed by atoms with Gasteiger partial charge in [-0.1, -0.05) is 6.07 Å². The van der Waals surface area contributed by atoms with Crippen molar-refractivity contribution in [1.82, 2.24) is 19.9 Å². The first-order chi connectivity index (χ1) is 13.8. The molecule has 1 saturated heterocycles. The van der Waals surface area contributed by atoms with Crippen LogP contribution < -0.4 is 5.32 Å². The van der Waals surface area contributed by atoms with Crippen molar-refractivity contribution in [2.75, 3.05) is 24.7 Å². The molecule has 4 rings (SSSR count). The maximum Gasteiger partial charge on any atom is 0.274 e. The molecule has 4 heterocycles. The Bertz CT molecular complexity index is 1150. The highest BCUT2D eigenvalue weighted by molar-refractivity contribution is 7.91. The zero-order valence-corrected chi connectivity index (χ0v) is 17.7. The molecule has 1 N–H and O–H groups in total. The van der Waals surface area contributed by atoms with Gasteiger partial charge < -0.3 is 10.2 Å². The number of anilines is 1. The van der Waals surface area contributed by atoms with E-state index in [9.17, 15) is 13.2 Å². The van der Waals surface area contributed by atoms with Gasteiger partial charge in [0.2, 0.25) is 5.95 Å². The first kappa shape index (κ1) is 19.7. The van der Waals surface area contributed by atoms with E-state index in [2.05, 4.69) is 20.3 Å². The summed E-state index contributed by atoms with van der Waals surface area (Å²) in [5.41, 5.74) is 1.97. The molecule has 1 fully saturated rings. The van der Waals surface area contributed by atoms with Gasteiger partial charge in [0.1, 0.15) is 0 Å². The van der Waals surface area contributed by atoms with Gasteiger partial charge in [0.15, 0.2) is 15.5 Å².